The summed E-state index contributed by atoms with van der Waals surface area (Å²) in [7, 11) is 0. The van der Waals surface area contributed by atoms with Crippen molar-refractivity contribution in [2.45, 2.75) is 6.92 Å². The molecule has 1 aromatic heterocycles. The monoisotopic (exact) mass is 220 g/mol. The third-order valence-electron chi connectivity index (χ3n) is 1.65. The van der Waals surface area contributed by atoms with Crippen molar-refractivity contribution in [2.24, 2.45) is 0 Å². The number of para-hydroxylation sites is 1. The Morgan fingerprint density at radius 2 is 2.00 bits per heavy atom. The van der Waals surface area contributed by atoms with E-state index in [0.29, 0.717) is 11.6 Å². The van der Waals surface area contributed by atoms with Gasteiger partial charge in [0.15, 0.2) is 0 Å². The van der Waals surface area contributed by atoms with E-state index in [4.69, 9.17) is 21.4 Å². The highest BCUT2D eigenvalue weighted by Crippen LogP contribution is 2.11. The standard InChI is InChI=1S/C10H8N2O2S/c1-7-11-12-9(13-7)10(15)14-8-5-3-2-4-6-8/h2-6H,1H3. The van der Waals surface area contributed by atoms with Gasteiger partial charge in [-0.15, -0.1) is 10.2 Å². The fourth-order valence-corrected chi connectivity index (χ4v) is 1.20. The molecule has 0 saturated carbocycles. The van der Waals surface area contributed by atoms with Crippen molar-refractivity contribution in [2.75, 3.05) is 0 Å². The zero-order chi connectivity index (χ0) is 10.7. The quantitative estimate of drug-likeness (QED) is 0.725. The van der Waals surface area contributed by atoms with Gasteiger partial charge in [0.1, 0.15) is 5.75 Å². The Labute approximate surface area is 91.9 Å². The van der Waals surface area contributed by atoms with Crippen LogP contribution >= 0.6 is 12.2 Å². The minimum absolute atomic E-state index is 0.182. The third kappa shape index (κ3) is 2.38. The van der Waals surface area contributed by atoms with Crippen LogP contribution < -0.4 is 4.74 Å². The number of benzene rings is 1. The molecule has 0 radical (unpaired) electrons. The molecule has 1 aromatic carbocycles. The molecule has 1 heterocycles. The van der Waals surface area contributed by atoms with Gasteiger partial charge in [0.05, 0.1) is 0 Å². The highest BCUT2D eigenvalue weighted by Gasteiger charge is 2.10. The smallest absolute Gasteiger partial charge is 0.295 e. The lowest BCUT2D eigenvalue weighted by molar-refractivity contribution is 0.478. The lowest BCUT2D eigenvalue weighted by atomic mass is 10.3. The molecule has 0 amide bonds. The van der Waals surface area contributed by atoms with Gasteiger partial charge in [-0.05, 0) is 24.4 Å². The van der Waals surface area contributed by atoms with Crippen molar-refractivity contribution in [3.05, 3.63) is 42.1 Å². The molecule has 0 fully saturated rings. The second-order valence-electron chi connectivity index (χ2n) is 2.83. The average Bonchev–Trinajstić information content (AvgIpc) is 2.66. The van der Waals surface area contributed by atoms with Gasteiger partial charge < -0.3 is 9.15 Å². The van der Waals surface area contributed by atoms with Crippen LogP contribution in [0.1, 0.15) is 11.8 Å². The molecule has 76 valence electrons. The zero-order valence-electron chi connectivity index (χ0n) is 8.01. The first kappa shape index (κ1) is 9.79. The van der Waals surface area contributed by atoms with E-state index in [1.165, 1.54) is 0 Å². The van der Waals surface area contributed by atoms with Gasteiger partial charge in [-0.25, -0.2) is 0 Å². The van der Waals surface area contributed by atoms with E-state index in [-0.39, 0.29) is 10.9 Å². The van der Waals surface area contributed by atoms with Crippen molar-refractivity contribution < 1.29 is 9.15 Å². The van der Waals surface area contributed by atoms with Gasteiger partial charge in [0, 0.05) is 6.92 Å². The van der Waals surface area contributed by atoms with Crippen LogP contribution in [0.15, 0.2) is 34.7 Å². The summed E-state index contributed by atoms with van der Waals surface area (Å²) in [5.74, 6) is 1.34. The first-order valence-electron chi connectivity index (χ1n) is 4.33. The molecule has 0 aliphatic rings. The summed E-state index contributed by atoms with van der Waals surface area (Å²) in [4.78, 5) is 0. The maximum Gasteiger partial charge on any atom is 0.295 e. The van der Waals surface area contributed by atoms with E-state index in [9.17, 15) is 0 Å². The Hall–Kier alpha value is -1.75. The number of ether oxygens (including phenoxy) is 1. The topological polar surface area (TPSA) is 48.2 Å². The highest BCUT2D eigenvalue weighted by atomic mass is 32.1. The number of aryl methyl sites for hydroxylation is 1. The first-order chi connectivity index (χ1) is 7.25. The van der Waals surface area contributed by atoms with E-state index >= 15 is 0 Å². The van der Waals surface area contributed by atoms with Crippen LogP contribution in [0, 0.1) is 6.92 Å². The lowest BCUT2D eigenvalue weighted by Crippen LogP contribution is -2.07. The van der Waals surface area contributed by atoms with Gasteiger partial charge in [-0.3, -0.25) is 0 Å². The van der Waals surface area contributed by atoms with Crippen molar-refractivity contribution in [3.63, 3.8) is 0 Å². The first-order valence-corrected chi connectivity index (χ1v) is 4.74. The third-order valence-corrected chi connectivity index (χ3v) is 1.91. The zero-order valence-corrected chi connectivity index (χ0v) is 8.82. The molecule has 0 aliphatic carbocycles. The Bertz CT molecular complexity index is 467. The van der Waals surface area contributed by atoms with Crippen LogP contribution in [0.25, 0.3) is 0 Å². The van der Waals surface area contributed by atoms with Crippen molar-refractivity contribution in [1.29, 1.82) is 0 Å². The predicted octanol–water partition coefficient (Wildman–Crippen LogP) is 2.13. The molecular weight excluding hydrogens is 212 g/mol. The average molecular weight is 220 g/mol. The fraction of sp³-hybridized carbons (Fsp3) is 0.100. The minimum Gasteiger partial charge on any atom is -0.440 e. The van der Waals surface area contributed by atoms with Crippen LogP contribution in [0.3, 0.4) is 0 Å². The van der Waals surface area contributed by atoms with E-state index in [0.717, 1.165) is 0 Å². The largest absolute Gasteiger partial charge is 0.440 e. The molecule has 2 rings (SSSR count). The summed E-state index contributed by atoms with van der Waals surface area (Å²) in [5.41, 5.74) is 0. The predicted molar refractivity (Wildman–Crippen MR) is 57.8 cm³/mol. The summed E-state index contributed by atoms with van der Waals surface area (Å²) < 4.78 is 10.5. The Balaban J connectivity index is 2.11. The van der Waals surface area contributed by atoms with Crippen LogP contribution in [0.2, 0.25) is 0 Å². The Morgan fingerprint density at radius 1 is 1.27 bits per heavy atom. The molecule has 0 atom stereocenters. The number of thiocarbonyl (C=S) groups is 1. The number of nitrogens with zero attached hydrogens (tertiary/aromatic N) is 2. The minimum atomic E-state index is 0.182. The number of hydrogen-bond acceptors (Lipinski definition) is 5. The normalized spacial score (nSPS) is 9.93. The van der Waals surface area contributed by atoms with Crippen molar-refractivity contribution in [1.82, 2.24) is 10.2 Å². The fourth-order valence-electron chi connectivity index (χ4n) is 1.02. The van der Waals surface area contributed by atoms with E-state index in [1.807, 2.05) is 18.2 Å². The van der Waals surface area contributed by atoms with Crippen molar-refractivity contribution in [3.8, 4) is 5.75 Å². The van der Waals surface area contributed by atoms with E-state index in [1.54, 1.807) is 19.1 Å². The second kappa shape index (κ2) is 4.18. The van der Waals surface area contributed by atoms with Crippen LogP contribution in [-0.2, 0) is 0 Å². The number of rotatable bonds is 2. The molecule has 0 bridgehead atoms. The van der Waals surface area contributed by atoms with Crippen LogP contribution in [0.5, 0.6) is 5.75 Å². The molecule has 5 heteroatoms. The van der Waals surface area contributed by atoms with Crippen molar-refractivity contribution >= 4 is 17.3 Å². The van der Waals surface area contributed by atoms with Gasteiger partial charge in [0.2, 0.25) is 5.89 Å². The molecule has 2 aromatic rings. The number of aromatic nitrogens is 2. The summed E-state index contributed by atoms with van der Waals surface area (Å²) in [6, 6.07) is 9.21. The summed E-state index contributed by atoms with van der Waals surface area (Å²) in [6.45, 7) is 1.70. The van der Waals surface area contributed by atoms with Gasteiger partial charge in [-0.1, -0.05) is 18.2 Å². The highest BCUT2D eigenvalue weighted by molar-refractivity contribution is 7.80. The molecule has 0 spiro atoms. The van der Waals surface area contributed by atoms with Gasteiger partial charge >= 0.3 is 0 Å². The Morgan fingerprint density at radius 3 is 2.60 bits per heavy atom. The molecule has 4 nitrogen and oxygen atoms in total. The van der Waals surface area contributed by atoms with Gasteiger partial charge in [0.25, 0.3) is 10.9 Å². The van der Waals surface area contributed by atoms with Gasteiger partial charge in [-0.2, -0.15) is 0 Å². The molecule has 0 unspecified atom stereocenters. The molecular formula is C10H8N2O2S. The molecule has 15 heavy (non-hydrogen) atoms. The summed E-state index contributed by atoms with van der Waals surface area (Å²) in [6.07, 6.45) is 0. The maximum atomic E-state index is 5.35. The SMILES string of the molecule is Cc1nnc(C(=S)Oc2ccccc2)o1. The van der Waals surface area contributed by atoms with E-state index < -0.39 is 0 Å². The Kier molecular flexibility index (Phi) is 2.73. The lowest BCUT2D eigenvalue weighted by Gasteiger charge is -2.01. The summed E-state index contributed by atoms with van der Waals surface area (Å²) in [5, 5.41) is 7.61. The van der Waals surface area contributed by atoms with Crippen LogP contribution in [0.4, 0.5) is 0 Å². The maximum absolute atomic E-state index is 5.35. The van der Waals surface area contributed by atoms with E-state index in [2.05, 4.69) is 10.2 Å². The summed E-state index contributed by atoms with van der Waals surface area (Å²) >= 11 is 5.00. The second-order valence-corrected chi connectivity index (χ2v) is 3.20. The molecule has 0 aliphatic heterocycles. The molecule has 0 N–H and O–H groups in total. The van der Waals surface area contributed by atoms with Crippen LogP contribution in [-0.4, -0.2) is 15.2 Å². The molecule has 0 saturated heterocycles. The number of hydrogen-bond donors (Lipinski definition) is 0.